The van der Waals surface area contributed by atoms with Crippen molar-refractivity contribution in [1.82, 2.24) is 9.55 Å². The van der Waals surface area contributed by atoms with Crippen molar-refractivity contribution in [3.8, 4) is 11.8 Å². The van der Waals surface area contributed by atoms with Gasteiger partial charge in [-0.3, -0.25) is 0 Å². The van der Waals surface area contributed by atoms with E-state index in [1.807, 2.05) is 55.8 Å². The summed E-state index contributed by atoms with van der Waals surface area (Å²) in [6, 6.07) is 9.44. The Morgan fingerprint density at radius 3 is 2.75 bits per heavy atom. The molecule has 102 valence electrons. The second kappa shape index (κ2) is 4.76. The van der Waals surface area contributed by atoms with Gasteiger partial charge in [-0.1, -0.05) is 24.4 Å². The monoisotopic (exact) mass is 286 g/mol. The Kier molecular flexibility index (Phi) is 3.06. The van der Waals surface area contributed by atoms with Crippen molar-refractivity contribution in [3.63, 3.8) is 0 Å². The second-order valence-corrected chi connectivity index (χ2v) is 5.08. The molecule has 0 fully saturated rings. The van der Waals surface area contributed by atoms with Crippen LogP contribution >= 0.6 is 12.2 Å². The molecule has 0 bridgehead atoms. The van der Waals surface area contributed by atoms with Gasteiger partial charge in [-0.25, -0.2) is 0 Å². The third kappa shape index (κ3) is 2.10. The molecular weight excluding hydrogens is 272 g/mol. The van der Waals surface area contributed by atoms with Crippen molar-refractivity contribution in [2.45, 2.75) is 13.8 Å². The topological polar surface area (TPSA) is 40.2 Å². The SMILES string of the molecule is Cc1cc(Oc2nc3ccccc3o2)c(=S)n(C)c1C. The van der Waals surface area contributed by atoms with E-state index >= 15 is 0 Å². The molecule has 0 saturated carbocycles. The van der Waals surface area contributed by atoms with E-state index in [1.165, 1.54) is 0 Å². The second-order valence-electron chi connectivity index (χ2n) is 4.69. The molecule has 0 saturated heterocycles. The number of para-hydroxylation sites is 2. The highest BCUT2D eigenvalue weighted by Gasteiger charge is 2.11. The van der Waals surface area contributed by atoms with Crippen molar-refractivity contribution >= 4 is 23.3 Å². The van der Waals surface area contributed by atoms with E-state index in [4.69, 9.17) is 21.4 Å². The maximum Gasteiger partial charge on any atom is 0.400 e. The quantitative estimate of drug-likeness (QED) is 0.658. The lowest BCUT2D eigenvalue weighted by Gasteiger charge is -2.11. The Labute approximate surface area is 121 Å². The fourth-order valence-corrected chi connectivity index (χ4v) is 2.24. The van der Waals surface area contributed by atoms with Crippen LogP contribution in [0.3, 0.4) is 0 Å². The summed E-state index contributed by atoms with van der Waals surface area (Å²) in [6.07, 6.45) is 0.209. The smallest absolute Gasteiger partial charge is 0.400 e. The molecule has 0 atom stereocenters. The maximum atomic E-state index is 5.71. The summed E-state index contributed by atoms with van der Waals surface area (Å²) in [4.78, 5) is 4.29. The van der Waals surface area contributed by atoms with Crippen LogP contribution in [0.2, 0.25) is 0 Å². The van der Waals surface area contributed by atoms with E-state index in [1.54, 1.807) is 0 Å². The van der Waals surface area contributed by atoms with Crippen LogP contribution in [0, 0.1) is 18.5 Å². The lowest BCUT2D eigenvalue weighted by Crippen LogP contribution is -2.02. The summed E-state index contributed by atoms with van der Waals surface area (Å²) in [7, 11) is 1.92. The Morgan fingerprint density at radius 1 is 1.25 bits per heavy atom. The number of pyridine rings is 1. The fourth-order valence-electron chi connectivity index (χ4n) is 2.01. The minimum atomic E-state index is 0.209. The minimum Gasteiger partial charge on any atom is -0.409 e. The number of aryl methyl sites for hydroxylation is 1. The Hall–Kier alpha value is -2.14. The van der Waals surface area contributed by atoms with Crippen molar-refractivity contribution in [1.29, 1.82) is 0 Å². The summed E-state index contributed by atoms with van der Waals surface area (Å²) < 4.78 is 13.8. The van der Waals surface area contributed by atoms with E-state index in [0.717, 1.165) is 16.8 Å². The lowest BCUT2D eigenvalue weighted by molar-refractivity contribution is 0.339. The van der Waals surface area contributed by atoms with Gasteiger partial charge in [-0.05, 0) is 37.6 Å². The zero-order valence-corrected chi connectivity index (χ0v) is 12.3. The predicted octanol–water partition coefficient (Wildman–Crippen LogP) is 4.30. The molecule has 3 rings (SSSR count). The standard InChI is InChI=1S/C15H14N2O2S/c1-9-8-13(14(20)17(3)10(9)2)19-15-16-11-6-4-5-7-12(11)18-15/h4-8H,1-3H3. The van der Waals surface area contributed by atoms with Crippen LogP contribution in [-0.4, -0.2) is 9.55 Å². The maximum absolute atomic E-state index is 5.71. The summed E-state index contributed by atoms with van der Waals surface area (Å²) in [5, 5.41) is 0. The molecule has 2 heterocycles. The number of nitrogens with zero attached hydrogens (tertiary/aromatic N) is 2. The average Bonchev–Trinajstić information content (AvgIpc) is 2.84. The molecule has 5 heteroatoms. The van der Waals surface area contributed by atoms with Gasteiger partial charge >= 0.3 is 6.08 Å². The van der Waals surface area contributed by atoms with Gasteiger partial charge in [0.15, 0.2) is 11.3 Å². The van der Waals surface area contributed by atoms with Crippen LogP contribution in [0.5, 0.6) is 11.8 Å². The zero-order valence-electron chi connectivity index (χ0n) is 11.5. The molecule has 2 aromatic heterocycles. The van der Waals surface area contributed by atoms with Crippen LogP contribution in [0.4, 0.5) is 0 Å². The number of hydrogen-bond acceptors (Lipinski definition) is 4. The molecule has 0 N–H and O–H groups in total. The van der Waals surface area contributed by atoms with Crippen LogP contribution < -0.4 is 4.74 Å². The highest BCUT2D eigenvalue weighted by Crippen LogP contribution is 2.27. The van der Waals surface area contributed by atoms with Gasteiger partial charge in [0.1, 0.15) is 10.2 Å². The number of rotatable bonds is 2. The summed E-state index contributed by atoms with van der Waals surface area (Å²) >= 11 is 5.39. The van der Waals surface area contributed by atoms with E-state index in [0.29, 0.717) is 16.0 Å². The number of ether oxygens (including phenoxy) is 1. The molecule has 4 nitrogen and oxygen atoms in total. The molecule has 3 aromatic rings. The molecule has 0 aliphatic rings. The largest absolute Gasteiger partial charge is 0.409 e. The first-order chi connectivity index (χ1) is 9.56. The van der Waals surface area contributed by atoms with Crippen molar-refractivity contribution in [2.75, 3.05) is 0 Å². The highest BCUT2D eigenvalue weighted by atomic mass is 32.1. The van der Waals surface area contributed by atoms with Gasteiger partial charge in [0.05, 0.1) is 0 Å². The van der Waals surface area contributed by atoms with Crippen LogP contribution in [0.1, 0.15) is 11.3 Å². The van der Waals surface area contributed by atoms with Crippen molar-refractivity contribution in [3.05, 3.63) is 46.2 Å². The molecule has 0 aliphatic heterocycles. The summed E-state index contributed by atoms with van der Waals surface area (Å²) in [6.45, 7) is 4.04. The van der Waals surface area contributed by atoms with E-state index in [-0.39, 0.29) is 6.08 Å². The van der Waals surface area contributed by atoms with Gasteiger partial charge in [0.2, 0.25) is 0 Å². The van der Waals surface area contributed by atoms with Gasteiger partial charge in [0.25, 0.3) is 0 Å². The molecule has 1 aromatic carbocycles. The van der Waals surface area contributed by atoms with Gasteiger partial charge in [-0.15, -0.1) is 0 Å². The van der Waals surface area contributed by atoms with Crippen LogP contribution in [0.25, 0.3) is 11.1 Å². The Balaban J connectivity index is 2.05. The number of oxazole rings is 1. The van der Waals surface area contributed by atoms with E-state index < -0.39 is 0 Å². The minimum absolute atomic E-state index is 0.209. The Bertz CT molecular complexity index is 816. The number of aromatic nitrogens is 2. The van der Waals surface area contributed by atoms with Gasteiger partial charge in [0, 0.05) is 12.7 Å². The van der Waals surface area contributed by atoms with Crippen LogP contribution in [-0.2, 0) is 7.05 Å². The van der Waals surface area contributed by atoms with Gasteiger partial charge in [-0.2, -0.15) is 4.98 Å². The third-order valence-electron chi connectivity index (χ3n) is 3.41. The third-order valence-corrected chi connectivity index (χ3v) is 3.88. The molecular formula is C15H14N2O2S. The fraction of sp³-hybridized carbons (Fsp3) is 0.200. The summed E-state index contributed by atoms with van der Waals surface area (Å²) in [5.74, 6) is 0.581. The molecule has 0 aliphatic carbocycles. The molecule has 0 amide bonds. The Morgan fingerprint density at radius 2 is 2.00 bits per heavy atom. The first-order valence-electron chi connectivity index (χ1n) is 6.27. The predicted molar refractivity (Wildman–Crippen MR) is 79.8 cm³/mol. The summed E-state index contributed by atoms with van der Waals surface area (Å²) in [5.41, 5.74) is 3.68. The highest BCUT2D eigenvalue weighted by molar-refractivity contribution is 7.71. The number of hydrogen-bond donors (Lipinski definition) is 0. The van der Waals surface area contributed by atoms with Crippen molar-refractivity contribution < 1.29 is 9.15 Å². The van der Waals surface area contributed by atoms with Crippen molar-refractivity contribution in [2.24, 2.45) is 7.05 Å². The van der Waals surface area contributed by atoms with Crippen LogP contribution in [0.15, 0.2) is 34.7 Å². The first-order valence-corrected chi connectivity index (χ1v) is 6.68. The zero-order chi connectivity index (χ0) is 14.3. The normalized spacial score (nSPS) is 10.9. The van der Waals surface area contributed by atoms with E-state index in [2.05, 4.69) is 4.98 Å². The number of benzene rings is 1. The number of fused-ring (bicyclic) bond motifs is 1. The molecule has 0 radical (unpaired) electrons. The molecule has 0 unspecified atom stereocenters. The first kappa shape index (κ1) is 12.9. The lowest BCUT2D eigenvalue weighted by atomic mass is 10.2. The van der Waals surface area contributed by atoms with E-state index in [9.17, 15) is 0 Å². The van der Waals surface area contributed by atoms with Gasteiger partial charge < -0.3 is 13.7 Å². The average molecular weight is 286 g/mol. The molecule has 0 spiro atoms. The molecule has 20 heavy (non-hydrogen) atoms.